The third-order valence-electron chi connectivity index (χ3n) is 4.84. The van der Waals surface area contributed by atoms with Crippen molar-refractivity contribution >= 4 is 29.6 Å². The molecule has 162 valence electrons. The lowest BCUT2D eigenvalue weighted by molar-refractivity contribution is -0.127. The number of phenols is 1. The Morgan fingerprint density at radius 1 is 1.09 bits per heavy atom. The van der Waals surface area contributed by atoms with Crippen molar-refractivity contribution in [1.29, 1.82) is 0 Å². The topological polar surface area (TPSA) is 113 Å². The van der Waals surface area contributed by atoms with Crippen molar-refractivity contribution < 1.29 is 24.2 Å². The smallest absolute Gasteiger partial charge is 0.329 e. The van der Waals surface area contributed by atoms with Crippen LogP contribution in [0.5, 0.6) is 11.5 Å². The largest absolute Gasteiger partial charge is 0.508 e. The molecule has 1 fully saturated rings. The number of phenolic OH excluding ortho intramolecular Hbond substituents is 1. The summed E-state index contributed by atoms with van der Waals surface area (Å²) in [6, 6.07) is 16.1. The van der Waals surface area contributed by atoms with Gasteiger partial charge in [-0.25, -0.2) is 9.69 Å². The number of urea groups is 1. The van der Waals surface area contributed by atoms with E-state index < -0.39 is 24.4 Å². The lowest BCUT2D eigenvalue weighted by Gasteiger charge is -2.12. The lowest BCUT2D eigenvalue weighted by atomic mass is 10.2. The second kappa shape index (κ2) is 8.68. The zero-order chi connectivity index (χ0) is 22.7. The number of aromatic nitrogens is 1. The van der Waals surface area contributed by atoms with E-state index in [2.05, 4.69) is 10.6 Å². The van der Waals surface area contributed by atoms with Crippen molar-refractivity contribution in [2.24, 2.45) is 0 Å². The maximum Gasteiger partial charge on any atom is 0.329 e. The SMILES string of the molecule is COc1ccc(NC(=O)CN2C(=O)N/C(=C\c3cccn3-c3ccc(O)cc3)C2=O)cc1. The van der Waals surface area contributed by atoms with Gasteiger partial charge < -0.3 is 25.0 Å². The van der Waals surface area contributed by atoms with Crippen LogP contribution in [0.3, 0.4) is 0 Å². The predicted octanol–water partition coefficient (Wildman–Crippen LogP) is 2.72. The lowest BCUT2D eigenvalue weighted by Crippen LogP contribution is -2.38. The van der Waals surface area contributed by atoms with E-state index in [0.717, 1.165) is 10.6 Å². The maximum absolute atomic E-state index is 12.7. The highest BCUT2D eigenvalue weighted by atomic mass is 16.5. The molecule has 1 aliphatic rings. The Morgan fingerprint density at radius 3 is 2.50 bits per heavy atom. The Morgan fingerprint density at radius 2 is 1.81 bits per heavy atom. The fourth-order valence-corrected chi connectivity index (χ4v) is 3.24. The number of methoxy groups -OCH3 is 1. The zero-order valence-corrected chi connectivity index (χ0v) is 17.1. The molecule has 0 atom stereocenters. The molecule has 4 amide bonds. The number of benzene rings is 2. The van der Waals surface area contributed by atoms with Gasteiger partial charge in [0.2, 0.25) is 5.91 Å². The summed E-state index contributed by atoms with van der Waals surface area (Å²) in [6.07, 6.45) is 3.33. The first-order valence-corrected chi connectivity index (χ1v) is 9.70. The summed E-state index contributed by atoms with van der Waals surface area (Å²) in [5.41, 5.74) is 1.99. The summed E-state index contributed by atoms with van der Waals surface area (Å²) in [5.74, 6) is -0.322. The highest BCUT2D eigenvalue weighted by molar-refractivity contribution is 6.15. The Bertz CT molecular complexity index is 1200. The second-order valence-electron chi connectivity index (χ2n) is 6.98. The van der Waals surface area contributed by atoms with Crippen LogP contribution in [0.15, 0.2) is 72.6 Å². The average molecular weight is 432 g/mol. The number of aromatic hydroxyl groups is 1. The number of anilines is 1. The predicted molar refractivity (Wildman–Crippen MR) is 117 cm³/mol. The summed E-state index contributed by atoms with van der Waals surface area (Å²) in [6.45, 7) is -0.424. The van der Waals surface area contributed by atoms with E-state index in [1.807, 2.05) is 0 Å². The van der Waals surface area contributed by atoms with Crippen LogP contribution in [0.2, 0.25) is 0 Å². The highest BCUT2D eigenvalue weighted by Gasteiger charge is 2.35. The molecule has 4 rings (SSSR count). The summed E-state index contributed by atoms with van der Waals surface area (Å²) >= 11 is 0. The first kappa shape index (κ1) is 20.7. The molecule has 0 saturated carbocycles. The Hall–Kier alpha value is -4.53. The molecule has 32 heavy (non-hydrogen) atoms. The molecule has 0 spiro atoms. The summed E-state index contributed by atoms with van der Waals surface area (Å²) < 4.78 is 6.87. The first-order chi connectivity index (χ1) is 15.4. The number of hydrogen-bond acceptors (Lipinski definition) is 5. The number of imide groups is 1. The van der Waals surface area contributed by atoms with Gasteiger partial charge in [-0.2, -0.15) is 0 Å². The van der Waals surface area contributed by atoms with Crippen LogP contribution in [0.4, 0.5) is 10.5 Å². The van der Waals surface area contributed by atoms with E-state index in [1.165, 1.54) is 13.2 Å². The number of hydrogen-bond donors (Lipinski definition) is 3. The molecule has 1 saturated heterocycles. The fourth-order valence-electron chi connectivity index (χ4n) is 3.24. The maximum atomic E-state index is 12.7. The van der Waals surface area contributed by atoms with Crippen molar-refractivity contribution in [1.82, 2.24) is 14.8 Å². The fraction of sp³-hybridized carbons (Fsp3) is 0.0870. The quantitative estimate of drug-likeness (QED) is 0.410. The standard InChI is InChI=1S/C23H20N4O5/c1-32-19-10-4-15(5-11-19)24-21(29)14-27-22(30)20(25-23(27)31)13-17-3-2-12-26(17)16-6-8-18(28)9-7-16/h2-13,28H,14H2,1H3,(H,24,29)(H,25,31)/b20-13-. The van der Waals surface area contributed by atoms with Crippen LogP contribution in [-0.4, -0.2) is 46.1 Å². The molecular weight excluding hydrogens is 412 g/mol. The van der Waals surface area contributed by atoms with E-state index in [0.29, 0.717) is 17.1 Å². The number of rotatable bonds is 6. The minimum atomic E-state index is -0.672. The van der Waals surface area contributed by atoms with Crippen molar-refractivity contribution in [2.45, 2.75) is 0 Å². The molecular formula is C23H20N4O5. The van der Waals surface area contributed by atoms with E-state index in [4.69, 9.17) is 4.74 Å². The number of carbonyl (C=O) groups excluding carboxylic acids is 3. The number of nitrogens with zero attached hydrogens (tertiary/aromatic N) is 2. The van der Waals surface area contributed by atoms with Crippen molar-refractivity contribution in [3.63, 3.8) is 0 Å². The van der Waals surface area contributed by atoms with Crippen LogP contribution >= 0.6 is 0 Å². The molecule has 9 heteroatoms. The van der Waals surface area contributed by atoms with Gasteiger partial charge in [-0.15, -0.1) is 0 Å². The molecule has 3 aromatic rings. The van der Waals surface area contributed by atoms with E-state index in [1.54, 1.807) is 71.4 Å². The molecule has 1 aliphatic heterocycles. The van der Waals surface area contributed by atoms with E-state index >= 15 is 0 Å². The van der Waals surface area contributed by atoms with Gasteiger partial charge in [0.1, 0.15) is 23.7 Å². The normalized spacial score (nSPS) is 14.5. The van der Waals surface area contributed by atoms with Crippen LogP contribution in [0.1, 0.15) is 5.69 Å². The minimum Gasteiger partial charge on any atom is -0.508 e. The van der Waals surface area contributed by atoms with Crippen LogP contribution in [0, 0.1) is 0 Å². The molecule has 0 radical (unpaired) electrons. The van der Waals surface area contributed by atoms with Crippen LogP contribution in [0.25, 0.3) is 11.8 Å². The number of amides is 4. The third kappa shape index (κ3) is 4.31. The van der Waals surface area contributed by atoms with Gasteiger partial charge in [-0.05, 0) is 66.7 Å². The van der Waals surface area contributed by atoms with Gasteiger partial charge >= 0.3 is 6.03 Å². The number of nitrogens with one attached hydrogen (secondary N) is 2. The van der Waals surface area contributed by atoms with Gasteiger partial charge in [0.15, 0.2) is 0 Å². The monoisotopic (exact) mass is 432 g/mol. The van der Waals surface area contributed by atoms with Gasteiger partial charge in [-0.3, -0.25) is 9.59 Å². The summed E-state index contributed by atoms with van der Waals surface area (Å²) in [5, 5.41) is 14.6. The molecule has 1 aromatic heterocycles. The van der Waals surface area contributed by atoms with E-state index in [9.17, 15) is 19.5 Å². The van der Waals surface area contributed by atoms with Gasteiger partial charge in [0, 0.05) is 23.3 Å². The third-order valence-corrected chi connectivity index (χ3v) is 4.84. The number of carbonyl (C=O) groups is 3. The van der Waals surface area contributed by atoms with Crippen LogP contribution in [-0.2, 0) is 9.59 Å². The molecule has 9 nitrogen and oxygen atoms in total. The number of ether oxygens (including phenoxy) is 1. The van der Waals surface area contributed by atoms with Crippen LogP contribution < -0.4 is 15.4 Å². The van der Waals surface area contributed by atoms with Crippen molar-refractivity contribution in [3.8, 4) is 17.2 Å². The minimum absolute atomic E-state index is 0.0611. The second-order valence-corrected chi connectivity index (χ2v) is 6.98. The average Bonchev–Trinajstić information content (AvgIpc) is 3.35. The molecule has 0 unspecified atom stereocenters. The van der Waals surface area contributed by atoms with Gasteiger partial charge in [-0.1, -0.05) is 0 Å². The molecule has 3 N–H and O–H groups in total. The van der Waals surface area contributed by atoms with E-state index in [-0.39, 0.29) is 11.4 Å². The molecule has 0 aliphatic carbocycles. The molecule has 2 aromatic carbocycles. The van der Waals surface area contributed by atoms with Gasteiger partial charge in [0.05, 0.1) is 7.11 Å². The van der Waals surface area contributed by atoms with Crippen molar-refractivity contribution in [2.75, 3.05) is 19.0 Å². The first-order valence-electron chi connectivity index (χ1n) is 9.70. The Labute approximate surface area is 183 Å². The zero-order valence-electron chi connectivity index (χ0n) is 17.1. The van der Waals surface area contributed by atoms with Crippen molar-refractivity contribution in [3.05, 3.63) is 78.3 Å². The molecule has 0 bridgehead atoms. The summed E-state index contributed by atoms with van der Waals surface area (Å²) in [7, 11) is 1.54. The Kier molecular flexibility index (Phi) is 5.63. The molecule has 2 heterocycles. The van der Waals surface area contributed by atoms with Gasteiger partial charge in [0.25, 0.3) is 5.91 Å². The Balaban J connectivity index is 1.47. The summed E-state index contributed by atoms with van der Waals surface area (Å²) in [4.78, 5) is 38.2. The highest BCUT2D eigenvalue weighted by Crippen LogP contribution is 2.20.